The van der Waals surface area contributed by atoms with E-state index >= 15 is 0 Å². The molecule has 1 atom stereocenters. The van der Waals surface area contributed by atoms with Crippen LogP contribution in [0.5, 0.6) is 0 Å². The van der Waals surface area contributed by atoms with Gasteiger partial charge >= 0.3 is 0 Å². The van der Waals surface area contributed by atoms with Gasteiger partial charge in [0.25, 0.3) is 11.8 Å². The Kier molecular flexibility index (Phi) is 3.50. The third kappa shape index (κ3) is 2.44. The van der Waals surface area contributed by atoms with Gasteiger partial charge < -0.3 is 5.32 Å². The lowest BCUT2D eigenvalue weighted by Gasteiger charge is -2.15. The zero-order valence-corrected chi connectivity index (χ0v) is 11.8. The number of thioether (sulfide) groups is 1. The average molecular weight is 304 g/mol. The van der Waals surface area contributed by atoms with Crippen molar-refractivity contribution in [2.45, 2.75) is 12.5 Å². The van der Waals surface area contributed by atoms with Crippen LogP contribution in [0, 0.1) is 0 Å². The maximum absolute atomic E-state index is 12.1. The molecule has 1 N–H and O–H groups in total. The highest BCUT2D eigenvalue weighted by Crippen LogP contribution is 2.22. The van der Waals surface area contributed by atoms with Crippen LogP contribution in [0.25, 0.3) is 0 Å². The van der Waals surface area contributed by atoms with Crippen LogP contribution < -0.4 is 5.32 Å². The Morgan fingerprint density at radius 3 is 2.33 bits per heavy atom. The maximum atomic E-state index is 12.1. The van der Waals surface area contributed by atoms with Gasteiger partial charge in [0.2, 0.25) is 11.0 Å². The molecule has 2 heterocycles. The first kappa shape index (κ1) is 13.8. The molecule has 1 aromatic rings. The molecule has 0 aliphatic carbocycles. The summed E-state index contributed by atoms with van der Waals surface area (Å²) in [6.45, 7) is -0.360. The number of nitrogens with one attached hydrogen (secondary N) is 1. The van der Waals surface area contributed by atoms with Crippen LogP contribution in [0.4, 0.5) is 0 Å². The zero-order valence-electron chi connectivity index (χ0n) is 11.0. The number of rotatable bonds is 3. The number of carbonyl (C=O) groups is 4. The van der Waals surface area contributed by atoms with Gasteiger partial charge in [0.15, 0.2) is 0 Å². The van der Waals surface area contributed by atoms with Crippen molar-refractivity contribution < 1.29 is 19.2 Å². The first-order chi connectivity index (χ1) is 10.1. The second kappa shape index (κ2) is 5.33. The Bertz CT molecular complexity index is 623. The van der Waals surface area contributed by atoms with Crippen LogP contribution in [0.2, 0.25) is 0 Å². The van der Waals surface area contributed by atoms with Crippen molar-refractivity contribution in [2.75, 3.05) is 12.3 Å². The molecule has 0 aromatic heterocycles. The van der Waals surface area contributed by atoms with Crippen LogP contribution in [-0.2, 0) is 9.59 Å². The highest BCUT2D eigenvalue weighted by Gasteiger charge is 2.37. The van der Waals surface area contributed by atoms with Crippen molar-refractivity contribution in [1.29, 1.82) is 0 Å². The van der Waals surface area contributed by atoms with Crippen LogP contribution in [0.1, 0.15) is 27.1 Å². The van der Waals surface area contributed by atoms with E-state index in [0.717, 1.165) is 4.90 Å². The lowest BCUT2D eigenvalue weighted by Crippen LogP contribution is -2.45. The topological polar surface area (TPSA) is 83.6 Å². The fraction of sp³-hybridized carbons (Fsp3) is 0.286. The Labute approximate surface area is 124 Å². The van der Waals surface area contributed by atoms with Crippen molar-refractivity contribution in [2.24, 2.45) is 0 Å². The first-order valence-electron chi connectivity index (χ1n) is 6.49. The second-order valence-corrected chi connectivity index (χ2v) is 5.92. The third-order valence-corrected chi connectivity index (χ3v) is 4.46. The number of carbonyl (C=O) groups excluding carboxylic acids is 4. The summed E-state index contributed by atoms with van der Waals surface area (Å²) in [4.78, 5) is 48.5. The first-order valence-corrected chi connectivity index (χ1v) is 7.47. The molecule has 2 aliphatic rings. The summed E-state index contributed by atoms with van der Waals surface area (Å²) >= 11 is 1.18. The monoisotopic (exact) mass is 304 g/mol. The van der Waals surface area contributed by atoms with Gasteiger partial charge in [-0.05, 0) is 18.6 Å². The van der Waals surface area contributed by atoms with E-state index in [2.05, 4.69) is 5.32 Å². The molecule has 21 heavy (non-hydrogen) atoms. The van der Waals surface area contributed by atoms with Gasteiger partial charge in [0, 0.05) is 5.75 Å². The number of imide groups is 1. The molecule has 3 rings (SSSR count). The fourth-order valence-electron chi connectivity index (χ4n) is 2.39. The van der Waals surface area contributed by atoms with Gasteiger partial charge in [-0.25, -0.2) is 0 Å². The molecular formula is C14H12N2O4S. The average Bonchev–Trinajstić information content (AvgIpc) is 2.97. The predicted octanol–water partition coefficient (Wildman–Crippen LogP) is 0.431. The van der Waals surface area contributed by atoms with E-state index in [1.807, 2.05) is 0 Å². The largest absolute Gasteiger partial charge is 0.344 e. The Morgan fingerprint density at radius 1 is 1.19 bits per heavy atom. The molecule has 7 heteroatoms. The van der Waals surface area contributed by atoms with Gasteiger partial charge in [0.1, 0.15) is 6.54 Å². The van der Waals surface area contributed by atoms with Crippen LogP contribution in [0.15, 0.2) is 24.3 Å². The molecule has 0 unspecified atom stereocenters. The Balaban J connectivity index is 1.69. The molecule has 2 aliphatic heterocycles. The summed E-state index contributed by atoms with van der Waals surface area (Å²) in [6, 6.07) is 5.94. The SMILES string of the molecule is O=C(CN1C(=O)c2ccccc2C1=O)N[C@H]1CCSC1=O. The minimum absolute atomic E-state index is 0.0780. The molecule has 3 amide bonds. The number of benzene rings is 1. The van der Waals surface area contributed by atoms with E-state index in [-0.39, 0.29) is 11.7 Å². The quantitative estimate of drug-likeness (QED) is 0.819. The summed E-state index contributed by atoms with van der Waals surface area (Å²) in [6.07, 6.45) is 0.581. The smallest absolute Gasteiger partial charge is 0.262 e. The highest BCUT2D eigenvalue weighted by molar-refractivity contribution is 8.14. The molecule has 0 saturated carbocycles. The Morgan fingerprint density at radius 2 is 1.81 bits per heavy atom. The third-order valence-electron chi connectivity index (χ3n) is 3.45. The summed E-state index contributed by atoms with van der Waals surface area (Å²) < 4.78 is 0. The van der Waals surface area contributed by atoms with E-state index in [4.69, 9.17) is 0 Å². The summed E-state index contributed by atoms with van der Waals surface area (Å²) in [5.41, 5.74) is 0.616. The molecule has 1 aromatic carbocycles. The zero-order chi connectivity index (χ0) is 15.0. The van der Waals surface area contributed by atoms with Crippen molar-refractivity contribution in [3.63, 3.8) is 0 Å². The normalized spacial score (nSPS) is 20.9. The lowest BCUT2D eigenvalue weighted by atomic mass is 10.1. The number of fused-ring (bicyclic) bond motifs is 1. The molecule has 6 nitrogen and oxygen atoms in total. The van der Waals surface area contributed by atoms with E-state index in [9.17, 15) is 19.2 Å². The second-order valence-electron chi connectivity index (χ2n) is 4.82. The van der Waals surface area contributed by atoms with E-state index in [1.165, 1.54) is 11.8 Å². The Hall–Kier alpha value is -2.15. The standard InChI is InChI=1S/C14H12N2O4S/c17-11(15-10-5-6-21-14(10)20)7-16-12(18)8-3-1-2-4-9(8)13(16)19/h1-4,10H,5-7H2,(H,15,17)/t10-/m0/s1. The van der Waals surface area contributed by atoms with Crippen LogP contribution in [0.3, 0.4) is 0 Å². The van der Waals surface area contributed by atoms with Gasteiger partial charge in [0.05, 0.1) is 17.2 Å². The summed E-state index contributed by atoms with van der Waals surface area (Å²) in [5.74, 6) is -0.766. The van der Waals surface area contributed by atoms with E-state index in [1.54, 1.807) is 24.3 Å². The van der Waals surface area contributed by atoms with Crippen molar-refractivity contribution >= 4 is 34.6 Å². The van der Waals surface area contributed by atoms with Crippen molar-refractivity contribution in [3.05, 3.63) is 35.4 Å². The van der Waals surface area contributed by atoms with Gasteiger partial charge in [-0.15, -0.1) is 0 Å². The summed E-state index contributed by atoms with van der Waals surface area (Å²) in [7, 11) is 0. The number of hydrogen-bond donors (Lipinski definition) is 1. The molecular weight excluding hydrogens is 292 g/mol. The van der Waals surface area contributed by atoms with Crippen LogP contribution >= 0.6 is 11.8 Å². The summed E-state index contributed by atoms with van der Waals surface area (Å²) in [5, 5.41) is 2.49. The van der Waals surface area contributed by atoms with Gasteiger partial charge in [-0.3, -0.25) is 24.1 Å². The van der Waals surface area contributed by atoms with Gasteiger partial charge in [-0.1, -0.05) is 23.9 Å². The van der Waals surface area contributed by atoms with Crippen molar-refractivity contribution in [1.82, 2.24) is 10.2 Å². The van der Waals surface area contributed by atoms with E-state index in [0.29, 0.717) is 23.3 Å². The lowest BCUT2D eigenvalue weighted by molar-refractivity contribution is -0.124. The number of nitrogens with zero attached hydrogens (tertiary/aromatic N) is 1. The van der Waals surface area contributed by atoms with Crippen LogP contribution in [-0.4, -0.2) is 46.1 Å². The number of hydrogen-bond acceptors (Lipinski definition) is 5. The molecule has 1 saturated heterocycles. The molecule has 0 spiro atoms. The fourth-order valence-corrected chi connectivity index (χ4v) is 3.33. The number of amides is 3. The maximum Gasteiger partial charge on any atom is 0.262 e. The van der Waals surface area contributed by atoms with Gasteiger partial charge in [-0.2, -0.15) is 0 Å². The van der Waals surface area contributed by atoms with E-state index < -0.39 is 23.8 Å². The molecule has 108 valence electrons. The molecule has 0 bridgehead atoms. The minimum atomic E-state index is -0.516. The predicted molar refractivity (Wildman–Crippen MR) is 75.8 cm³/mol. The molecule has 0 radical (unpaired) electrons. The minimum Gasteiger partial charge on any atom is -0.344 e. The molecule has 1 fully saturated rings. The van der Waals surface area contributed by atoms with Crippen molar-refractivity contribution in [3.8, 4) is 0 Å². The highest BCUT2D eigenvalue weighted by atomic mass is 32.2.